The zero-order chi connectivity index (χ0) is 22.8. The zero-order valence-corrected chi connectivity index (χ0v) is 18.7. The highest BCUT2D eigenvalue weighted by atomic mass is 16.5. The molecule has 0 unspecified atom stereocenters. The molecular weight excluding hydrogens is 418 g/mol. The van der Waals surface area contributed by atoms with Gasteiger partial charge in [0.1, 0.15) is 5.82 Å². The maximum Gasteiger partial charge on any atom is 0.254 e. The predicted molar refractivity (Wildman–Crippen MR) is 126 cm³/mol. The van der Waals surface area contributed by atoms with E-state index in [1.54, 1.807) is 19.3 Å². The summed E-state index contributed by atoms with van der Waals surface area (Å²) in [5.41, 5.74) is 2.91. The molecule has 2 aliphatic rings. The maximum absolute atomic E-state index is 13.3. The van der Waals surface area contributed by atoms with Crippen molar-refractivity contribution in [2.24, 2.45) is 0 Å². The van der Waals surface area contributed by atoms with E-state index >= 15 is 0 Å². The number of ether oxygens (including phenoxy) is 1. The zero-order valence-electron chi connectivity index (χ0n) is 18.7. The summed E-state index contributed by atoms with van der Waals surface area (Å²) in [7, 11) is 1.63. The first-order valence-corrected chi connectivity index (χ1v) is 11.3. The number of fused-ring (bicyclic) bond motifs is 1. The van der Waals surface area contributed by atoms with E-state index in [9.17, 15) is 9.59 Å². The van der Waals surface area contributed by atoms with Crippen LogP contribution in [0.3, 0.4) is 0 Å². The van der Waals surface area contributed by atoms with Gasteiger partial charge in [0.15, 0.2) is 0 Å². The van der Waals surface area contributed by atoms with Gasteiger partial charge in [0.05, 0.1) is 24.3 Å². The van der Waals surface area contributed by atoms with Crippen molar-refractivity contribution in [3.05, 3.63) is 65.5 Å². The minimum atomic E-state index is -0.131. The molecule has 8 heteroatoms. The maximum atomic E-state index is 13.3. The third kappa shape index (κ3) is 4.26. The quantitative estimate of drug-likeness (QED) is 0.664. The highest BCUT2D eigenvalue weighted by molar-refractivity contribution is 6.06. The lowest BCUT2D eigenvalue weighted by atomic mass is 9.99. The smallest absolute Gasteiger partial charge is 0.254 e. The molecule has 3 aromatic rings. The molecular formula is C25H27N5O3. The Labute approximate surface area is 192 Å². The molecule has 2 aromatic heterocycles. The SMILES string of the molecule is CNC(=O)c1cc([C@H]2CCN(C(=O)c3ccnc(N4CCOCC4)c3)C2)nc2ccccc12. The second-order valence-corrected chi connectivity index (χ2v) is 8.43. The van der Waals surface area contributed by atoms with E-state index in [2.05, 4.69) is 15.2 Å². The predicted octanol–water partition coefficient (Wildman–Crippen LogP) is 2.46. The minimum Gasteiger partial charge on any atom is -0.378 e. The summed E-state index contributed by atoms with van der Waals surface area (Å²) in [4.78, 5) is 39.1. The van der Waals surface area contributed by atoms with Crippen LogP contribution in [0, 0.1) is 0 Å². The van der Waals surface area contributed by atoms with Gasteiger partial charge < -0.3 is 19.9 Å². The average Bonchev–Trinajstić information content (AvgIpc) is 3.38. The van der Waals surface area contributed by atoms with Crippen molar-refractivity contribution >= 4 is 28.5 Å². The second-order valence-electron chi connectivity index (χ2n) is 8.43. The number of carbonyl (C=O) groups is 2. The lowest BCUT2D eigenvalue weighted by Gasteiger charge is -2.28. The molecule has 1 aromatic carbocycles. The fourth-order valence-electron chi connectivity index (χ4n) is 4.61. The fraction of sp³-hybridized carbons (Fsp3) is 0.360. The van der Waals surface area contributed by atoms with Gasteiger partial charge in [-0.1, -0.05) is 18.2 Å². The summed E-state index contributed by atoms with van der Waals surface area (Å²) in [5, 5.41) is 3.56. The minimum absolute atomic E-state index is 0.00160. The highest BCUT2D eigenvalue weighted by Crippen LogP contribution is 2.30. The first-order valence-electron chi connectivity index (χ1n) is 11.3. The number of morpholine rings is 1. The summed E-state index contributed by atoms with van der Waals surface area (Å²) >= 11 is 0. The van der Waals surface area contributed by atoms with E-state index in [-0.39, 0.29) is 17.7 Å². The number of hydrogen-bond donors (Lipinski definition) is 1. The summed E-state index contributed by atoms with van der Waals surface area (Å²) < 4.78 is 5.42. The van der Waals surface area contributed by atoms with Crippen molar-refractivity contribution in [2.45, 2.75) is 12.3 Å². The summed E-state index contributed by atoms with van der Waals surface area (Å²) in [6, 6.07) is 13.2. The van der Waals surface area contributed by atoms with Crippen LogP contribution in [0.25, 0.3) is 10.9 Å². The molecule has 0 saturated carbocycles. The third-order valence-corrected chi connectivity index (χ3v) is 6.43. The lowest BCUT2D eigenvalue weighted by Crippen LogP contribution is -2.37. The van der Waals surface area contributed by atoms with Crippen LogP contribution < -0.4 is 10.2 Å². The number of nitrogens with one attached hydrogen (secondary N) is 1. The van der Waals surface area contributed by atoms with Crippen molar-refractivity contribution in [1.29, 1.82) is 0 Å². The lowest BCUT2D eigenvalue weighted by molar-refractivity contribution is 0.0790. The number of aromatic nitrogens is 2. The number of pyridine rings is 2. The number of hydrogen-bond acceptors (Lipinski definition) is 6. The summed E-state index contributed by atoms with van der Waals surface area (Å²) in [6.07, 6.45) is 2.51. The molecule has 1 N–H and O–H groups in total. The Kier molecular flexibility index (Phi) is 5.92. The molecule has 5 rings (SSSR count). The number of anilines is 1. The van der Waals surface area contributed by atoms with Gasteiger partial charge in [0, 0.05) is 62.0 Å². The highest BCUT2D eigenvalue weighted by Gasteiger charge is 2.30. The first kappa shape index (κ1) is 21.3. The van der Waals surface area contributed by atoms with Crippen LogP contribution in [-0.2, 0) is 4.74 Å². The van der Waals surface area contributed by atoms with E-state index in [4.69, 9.17) is 9.72 Å². The third-order valence-electron chi connectivity index (χ3n) is 6.43. The van der Waals surface area contributed by atoms with Crippen molar-refractivity contribution in [1.82, 2.24) is 20.2 Å². The van der Waals surface area contributed by atoms with E-state index in [0.29, 0.717) is 37.4 Å². The van der Waals surface area contributed by atoms with Crippen molar-refractivity contribution in [2.75, 3.05) is 51.3 Å². The number of nitrogens with zero attached hydrogens (tertiary/aromatic N) is 4. The van der Waals surface area contributed by atoms with Crippen molar-refractivity contribution < 1.29 is 14.3 Å². The Morgan fingerprint density at radius 1 is 1.09 bits per heavy atom. The molecule has 0 bridgehead atoms. The van der Waals surface area contributed by atoms with Gasteiger partial charge in [0.2, 0.25) is 0 Å². The summed E-state index contributed by atoms with van der Waals surface area (Å²) in [6.45, 7) is 4.12. The van der Waals surface area contributed by atoms with Crippen molar-refractivity contribution in [3.63, 3.8) is 0 Å². The van der Waals surface area contributed by atoms with Gasteiger partial charge in [-0.25, -0.2) is 4.98 Å². The largest absolute Gasteiger partial charge is 0.378 e. The monoisotopic (exact) mass is 445 g/mol. The molecule has 0 spiro atoms. The Bertz CT molecular complexity index is 1190. The Morgan fingerprint density at radius 2 is 1.91 bits per heavy atom. The molecule has 0 radical (unpaired) electrons. The van der Waals surface area contributed by atoms with Crippen LogP contribution in [0.1, 0.15) is 38.7 Å². The Morgan fingerprint density at radius 3 is 2.73 bits per heavy atom. The Balaban J connectivity index is 1.36. The van der Waals surface area contributed by atoms with Gasteiger partial charge in [0.25, 0.3) is 11.8 Å². The van der Waals surface area contributed by atoms with E-state index in [1.165, 1.54) is 0 Å². The molecule has 2 saturated heterocycles. The number of amides is 2. The van der Waals surface area contributed by atoms with Crippen LogP contribution in [0.2, 0.25) is 0 Å². The van der Waals surface area contributed by atoms with Gasteiger partial charge >= 0.3 is 0 Å². The topological polar surface area (TPSA) is 87.7 Å². The molecule has 2 aliphatic heterocycles. The molecule has 8 nitrogen and oxygen atoms in total. The molecule has 170 valence electrons. The van der Waals surface area contributed by atoms with Gasteiger partial charge in [-0.05, 0) is 30.7 Å². The number of likely N-dealkylation sites (tertiary alicyclic amines) is 1. The molecule has 2 amide bonds. The van der Waals surface area contributed by atoms with Crippen molar-refractivity contribution in [3.8, 4) is 0 Å². The van der Waals surface area contributed by atoms with Gasteiger partial charge in [-0.2, -0.15) is 0 Å². The molecule has 2 fully saturated rings. The van der Waals surface area contributed by atoms with E-state index in [0.717, 1.165) is 41.9 Å². The number of rotatable bonds is 4. The molecule has 0 aliphatic carbocycles. The van der Waals surface area contributed by atoms with Crippen LogP contribution in [0.4, 0.5) is 5.82 Å². The van der Waals surface area contributed by atoms with E-state index < -0.39 is 0 Å². The number of para-hydroxylation sites is 1. The van der Waals surface area contributed by atoms with Crippen LogP contribution in [0.5, 0.6) is 0 Å². The fourth-order valence-corrected chi connectivity index (χ4v) is 4.61. The van der Waals surface area contributed by atoms with Crippen LogP contribution in [-0.4, -0.2) is 73.1 Å². The number of carbonyl (C=O) groups excluding carboxylic acids is 2. The average molecular weight is 446 g/mol. The first-order chi connectivity index (χ1) is 16.1. The van der Waals surface area contributed by atoms with E-state index in [1.807, 2.05) is 41.3 Å². The molecule has 1 atom stereocenters. The standard InChI is InChI=1S/C25H27N5O3/c1-26-24(31)20-15-22(28-21-5-3-2-4-19(20)21)18-7-9-30(16-18)25(32)17-6-8-27-23(14-17)29-10-12-33-13-11-29/h2-6,8,14-15,18H,7,9-13,16H2,1H3,(H,26,31)/t18-/m0/s1. The van der Waals surface area contributed by atoms with Crippen LogP contribution >= 0.6 is 0 Å². The van der Waals surface area contributed by atoms with Gasteiger partial charge in [-0.3, -0.25) is 14.6 Å². The molecule has 4 heterocycles. The normalized spacial score (nSPS) is 18.5. The Hall–Kier alpha value is -3.52. The van der Waals surface area contributed by atoms with Crippen LogP contribution in [0.15, 0.2) is 48.7 Å². The second kappa shape index (κ2) is 9.15. The molecule has 33 heavy (non-hydrogen) atoms. The van der Waals surface area contributed by atoms with Gasteiger partial charge in [-0.15, -0.1) is 0 Å². The number of benzene rings is 1. The summed E-state index contributed by atoms with van der Waals surface area (Å²) in [5.74, 6) is 0.767.